The van der Waals surface area contributed by atoms with Gasteiger partial charge in [0, 0.05) is 12.5 Å². The Morgan fingerprint density at radius 1 is 1.41 bits per heavy atom. The lowest BCUT2D eigenvalue weighted by Gasteiger charge is -2.20. The molecule has 2 aromatic heterocycles. The van der Waals surface area contributed by atoms with E-state index in [1.54, 1.807) is 4.90 Å². The van der Waals surface area contributed by atoms with Crippen molar-refractivity contribution in [2.24, 2.45) is 0 Å². The predicted octanol–water partition coefficient (Wildman–Crippen LogP) is 2.17. The number of carbonyl (C=O) groups excluding carboxylic acids is 1. The second-order valence-corrected chi connectivity index (χ2v) is 5.54. The van der Waals surface area contributed by atoms with Gasteiger partial charge in [-0.2, -0.15) is 4.98 Å². The minimum absolute atomic E-state index is 0.149. The molecule has 1 aliphatic heterocycles. The number of nitrogens with zero attached hydrogens (tertiary/aromatic N) is 4. The molecule has 1 aliphatic rings. The highest BCUT2D eigenvalue weighted by Crippen LogP contribution is 2.32. The van der Waals surface area contributed by atoms with Gasteiger partial charge in [0.05, 0.1) is 19.2 Å². The molecule has 0 radical (unpaired) electrons. The highest BCUT2D eigenvalue weighted by atomic mass is 16.5. The first kappa shape index (κ1) is 14.6. The summed E-state index contributed by atoms with van der Waals surface area (Å²) in [5.74, 6) is 1.47. The zero-order chi connectivity index (χ0) is 15.7. The number of amides is 1. The fraction of sp³-hybridized carbons (Fsp3) is 0.571. The normalized spacial score (nSPS) is 18.2. The highest BCUT2D eigenvalue weighted by Gasteiger charge is 2.35. The van der Waals surface area contributed by atoms with Gasteiger partial charge < -0.3 is 18.7 Å². The van der Waals surface area contributed by atoms with Crippen molar-refractivity contribution < 1.29 is 18.6 Å². The lowest BCUT2D eigenvalue weighted by Crippen LogP contribution is -2.30. The number of ether oxygens (including phenoxy) is 1. The number of methoxy groups -OCH3 is 1. The minimum atomic E-state index is -0.241. The molecule has 8 nitrogen and oxygen atoms in total. The molecule has 0 aromatic carbocycles. The molecule has 0 bridgehead atoms. The Labute approximate surface area is 127 Å². The van der Waals surface area contributed by atoms with Crippen LogP contribution in [0.4, 0.5) is 0 Å². The Bertz CT molecular complexity index is 663. The summed E-state index contributed by atoms with van der Waals surface area (Å²) in [5.41, 5.74) is 0. The van der Waals surface area contributed by atoms with Crippen molar-refractivity contribution in [3.63, 3.8) is 0 Å². The molecule has 1 fully saturated rings. The van der Waals surface area contributed by atoms with Crippen molar-refractivity contribution in [2.45, 2.75) is 38.6 Å². The number of carbonyl (C=O) groups is 1. The van der Waals surface area contributed by atoms with Crippen molar-refractivity contribution >= 4 is 5.91 Å². The van der Waals surface area contributed by atoms with E-state index < -0.39 is 0 Å². The van der Waals surface area contributed by atoms with Crippen molar-refractivity contribution in [1.82, 2.24) is 20.2 Å². The third-order valence-electron chi connectivity index (χ3n) is 3.67. The first-order valence-electron chi connectivity index (χ1n) is 7.25. The zero-order valence-electron chi connectivity index (χ0n) is 12.8. The molecule has 1 atom stereocenters. The van der Waals surface area contributed by atoms with Gasteiger partial charge in [0.1, 0.15) is 0 Å². The molecular weight excluding hydrogens is 288 g/mol. The van der Waals surface area contributed by atoms with E-state index in [0.29, 0.717) is 18.3 Å². The molecule has 0 saturated carbocycles. The van der Waals surface area contributed by atoms with Gasteiger partial charge in [0.25, 0.3) is 11.8 Å². The van der Waals surface area contributed by atoms with Crippen molar-refractivity contribution in [3.8, 4) is 5.88 Å². The second kappa shape index (κ2) is 5.78. The molecule has 22 heavy (non-hydrogen) atoms. The predicted molar refractivity (Wildman–Crippen MR) is 74.5 cm³/mol. The molecule has 0 N–H and O–H groups in total. The molecule has 0 spiro atoms. The summed E-state index contributed by atoms with van der Waals surface area (Å²) in [7, 11) is 1.47. The van der Waals surface area contributed by atoms with Crippen LogP contribution in [0.3, 0.4) is 0 Å². The molecule has 1 amide bonds. The van der Waals surface area contributed by atoms with Gasteiger partial charge in [-0.3, -0.25) is 4.79 Å². The van der Waals surface area contributed by atoms with Gasteiger partial charge in [-0.15, -0.1) is 0 Å². The van der Waals surface area contributed by atoms with E-state index in [9.17, 15) is 4.79 Å². The van der Waals surface area contributed by atoms with Crippen LogP contribution in [0.5, 0.6) is 5.88 Å². The van der Waals surface area contributed by atoms with Crippen LogP contribution >= 0.6 is 0 Å². The molecule has 8 heteroatoms. The maximum atomic E-state index is 12.6. The summed E-state index contributed by atoms with van der Waals surface area (Å²) in [5, 5.41) is 7.67. The van der Waals surface area contributed by atoms with E-state index in [4.69, 9.17) is 13.8 Å². The van der Waals surface area contributed by atoms with Gasteiger partial charge in [-0.1, -0.05) is 19.0 Å². The Morgan fingerprint density at radius 2 is 2.23 bits per heavy atom. The first-order chi connectivity index (χ1) is 10.6. The molecule has 2 aromatic rings. The Balaban J connectivity index is 1.81. The largest absolute Gasteiger partial charge is 0.479 e. The topological polar surface area (TPSA) is 94.5 Å². The Hall–Kier alpha value is -2.38. The SMILES string of the molecule is COc1cc(C(=O)N2CCC[C@H]2c2noc(C(C)C)n2)on1. The number of hydrogen-bond acceptors (Lipinski definition) is 7. The van der Waals surface area contributed by atoms with E-state index in [0.717, 1.165) is 12.8 Å². The monoisotopic (exact) mass is 306 g/mol. The van der Waals surface area contributed by atoms with E-state index in [1.807, 2.05) is 13.8 Å². The summed E-state index contributed by atoms with van der Waals surface area (Å²) >= 11 is 0. The summed E-state index contributed by atoms with van der Waals surface area (Å²) in [6, 6.07) is 1.29. The molecule has 118 valence electrons. The molecule has 1 saturated heterocycles. The van der Waals surface area contributed by atoms with Crippen molar-refractivity contribution in [1.29, 1.82) is 0 Å². The third-order valence-corrected chi connectivity index (χ3v) is 3.67. The lowest BCUT2D eigenvalue weighted by atomic mass is 10.2. The van der Waals surface area contributed by atoms with Crippen LogP contribution in [0.25, 0.3) is 0 Å². The molecule has 0 aliphatic carbocycles. The highest BCUT2D eigenvalue weighted by molar-refractivity contribution is 5.92. The molecule has 3 rings (SSSR count). The Kier molecular flexibility index (Phi) is 3.82. The van der Waals surface area contributed by atoms with Crippen LogP contribution < -0.4 is 4.74 Å². The summed E-state index contributed by atoms with van der Waals surface area (Å²) in [6.45, 7) is 4.59. The number of aromatic nitrogens is 3. The maximum absolute atomic E-state index is 12.6. The van der Waals surface area contributed by atoms with Crippen LogP contribution in [0.15, 0.2) is 15.1 Å². The Morgan fingerprint density at radius 3 is 2.86 bits per heavy atom. The van der Waals surface area contributed by atoms with Gasteiger partial charge in [0.15, 0.2) is 5.82 Å². The van der Waals surface area contributed by atoms with Crippen LogP contribution in [-0.4, -0.2) is 39.8 Å². The summed E-state index contributed by atoms with van der Waals surface area (Å²) < 4.78 is 15.2. The first-order valence-corrected chi connectivity index (χ1v) is 7.25. The molecular formula is C14H18N4O4. The van der Waals surface area contributed by atoms with Gasteiger partial charge in [0.2, 0.25) is 11.7 Å². The summed E-state index contributed by atoms with van der Waals surface area (Å²) in [6.07, 6.45) is 1.68. The van der Waals surface area contributed by atoms with E-state index in [2.05, 4.69) is 15.3 Å². The minimum Gasteiger partial charge on any atom is -0.479 e. The number of likely N-dealkylation sites (tertiary alicyclic amines) is 1. The van der Waals surface area contributed by atoms with Crippen molar-refractivity contribution in [3.05, 3.63) is 23.5 Å². The fourth-order valence-corrected chi connectivity index (χ4v) is 2.49. The number of rotatable bonds is 4. The van der Waals surface area contributed by atoms with Gasteiger partial charge in [-0.25, -0.2) is 0 Å². The van der Waals surface area contributed by atoms with Crippen LogP contribution in [0.1, 0.15) is 60.9 Å². The van der Waals surface area contributed by atoms with Crippen LogP contribution in [-0.2, 0) is 0 Å². The standard InChI is InChI=1S/C14H18N4O4/c1-8(2)13-15-12(17-22-13)9-5-4-6-18(9)14(19)10-7-11(20-3)16-21-10/h7-9H,4-6H2,1-3H3/t9-/m0/s1. The quantitative estimate of drug-likeness (QED) is 0.854. The average Bonchev–Trinajstić information content (AvgIpc) is 3.24. The molecule has 0 unspecified atom stereocenters. The summed E-state index contributed by atoms with van der Waals surface area (Å²) in [4.78, 5) is 18.6. The average molecular weight is 306 g/mol. The smallest absolute Gasteiger partial charge is 0.293 e. The fourth-order valence-electron chi connectivity index (χ4n) is 2.49. The van der Waals surface area contributed by atoms with E-state index in [-0.39, 0.29) is 29.5 Å². The third kappa shape index (κ3) is 2.56. The maximum Gasteiger partial charge on any atom is 0.293 e. The zero-order valence-corrected chi connectivity index (χ0v) is 12.8. The lowest BCUT2D eigenvalue weighted by molar-refractivity contribution is 0.0685. The van der Waals surface area contributed by atoms with Gasteiger partial charge in [-0.05, 0) is 18.0 Å². The van der Waals surface area contributed by atoms with Gasteiger partial charge >= 0.3 is 0 Å². The second-order valence-electron chi connectivity index (χ2n) is 5.54. The van der Waals surface area contributed by atoms with E-state index in [1.165, 1.54) is 13.2 Å². The number of hydrogen-bond donors (Lipinski definition) is 0. The van der Waals surface area contributed by atoms with Crippen LogP contribution in [0, 0.1) is 0 Å². The molecule has 3 heterocycles. The van der Waals surface area contributed by atoms with E-state index >= 15 is 0 Å². The van der Waals surface area contributed by atoms with Crippen molar-refractivity contribution in [2.75, 3.05) is 13.7 Å². The van der Waals surface area contributed by atoms with Crippen LogP contribution in [0.2, 0.25) is 0 Å².